The molecule has 2 heterocycles. The number of hydrogen-bond donors (Lipinski definition) is 1. The highest BCUT2D eigenvalue weighted by atomic mass is 32.2. The van der Waals surface area contributed by atoms with Gasteiger partial charge in [-0.3, -0.25) is 9.59 Å². The molecule has 0 radical (unpaired) electrons. The smallest absolute Gasteiger partial charge is 0.247 e. The van der Waals surface area contributed by atoms with E-state index in [-0.39, 0.29) is 23.1 Å². The van der Waals surface area contributed by atoms with Crippen molar-refractivity contribution in [1.82, 2.24) is 9.21 Å². The largest absolute Gasteiger partial charge is 0.330 e. The Bertz CT molecular complexity index is 1030. The van der Waals surface area contributed by atoms with E-state index in [2.05, 4.69) is 5.32 Å². The first-order chi connectivity index (χ1) is 14.8. The van der Waals surface area contributed by atoms with Crippen molar-refractivity contribution in [2.45, 2.75) is 51.0 Å². The van der Waals surface area contributed by atoms with Crippen LogP contribution in [0.5, 0.6) is 0 Å². The van der Waals surface area contributed by atoms with E-state index in [0.29, 0.717) is 37.3 Å². The molecule has 1 unspecified atom stereocenters. The van der Waals surface area contributed by atoms with E-state index < -0.39 is 16.1 Å². The molecule has 0 bridgehead atoms. The number of anilines is 1. The Morgan fingerprint density at radius 1 is 1.23 bits per heavy atom. The van der Waals surface area contributed by atoms with E-state index in [0.717, 1.165) is 11.3 Å². The van der Waals surface area contributed by atoms with Gasteiger partial charge >= 0.3 is 0 Å². The van der Waals surface area contributed by atoms with Crippen LogP contribution in [-0.2, 0) is 26.0 Å². The quantitative estimate of drug-likeness (QED) is 0.651. The number of nitrogens with one attached hydrogen (secondary N) is 1. The van der Waals surface area contributed by atoms with E-state index in [1.165, 1.54) is 21.7 Å². The van der Waals surface area contributed by atoms with Gasteiger partial charge in [-0.1, -0.05) is 26.0 Å². The van der Waals surface area contributed by atoms with Gasteiger partial charge < -0.3 is 10.2 Å². The van der Waals surface area contributed by atoms with Crippen molar-refractivity contribution in [2.75, 3.05) is 25.0 Å². The molecule has 1 atom stereocenters. The maximum atomic E-state index is 13.0. The fourth-order valence-corrected chi connectivity index (χ4v) is 6.29. The zero-order valence-electron chi connectivity index (χ0n) is 18.1. The summed E-state index contributed by atoms with van der Waals surface area (Å²) >= 11 is 1.52. The Labute approximate surface area is 188 Å². The van der Waals surface area contributed by atoms with Gasteiger partial charge in [0, 0.05) is 30.2 Å². The fraction of sp³-hybridized carbons (Fsp3) is 0.455. The summed E-state index contributed by atoms with van der Waals surface area (Å²) in [5.74, 6) is -0.346. The maximum Gasteiger partial charge on any atom is 0.247 e. The number of thiophene rings is 1. The van der Waals surface area contributed by atoms with Gasteiger partial charge in [0.25, 0.3) is 0 Å². The summed E-state index contributed by atoms with van der Waals surface area (Å²) in [5.41, 5.74) is 1.04. The molecule has 7 nitrogen and oxygen atoms in total. The van der Waals surface area contributed by atoms with Crippen molar-refractivity contribution < 1.29 is 18.0 Å². The van der Waals surface area contributed by atoms with E-state index >= 15 is 0 Å². The summed E-state index contributed by atoms with van der Waals surface area (Å²) in [6.45, 7) is 6.63. The number of likely N-dealkylation sites (tertiary alicyclic amines) is 1. The highest BCUT2D eigenvalue weighted by Crippen LogP contribution is 2.25. The Morgan fingerprint density at radius 2 is 1.97 bits per heavy atom. The molecule has 1 N–H and O–H groups in total. The Kier molecular flexibility index (Phi) is 7.51. The van der Waals surface area contributed by atoms with Crippen LogP contribution >= 0.6 is 11.3 Å². The minimum atomic E-state index is -3.64. The topological polar surface area (TPSA) is 86.8 Å². The van der Waals surface area contributed by atoms with E-state index in [1.54, 1.807) is 37.8 Å². The van der Waals surface area contributed by atoms with Crippen molar-refractivity contribution in [2.24, 2.45) is 0 Å². The van der Waals surface area contributed by atoms with Gasteiger partial charge in [0.2, 0.25) is 21.8 Å². The molecule has 0 aliphatic carbocycles. The number of rotatable bonds is 8. The molecule has 1 saturated heterocycles. The number of amides is 2. The molecule has 1 aromatic carbocycles. The first kappa shape index (κ1) is 23.4. The molecule has 1 aromatic heterocycles. The summed E-state index contributed by atoms with van der Waals surface area (Å²) in [6.07, 6.45) is 1.65. The van der Waals surface area contributed by atoms with Crippen LogP contribution in [0.25, 0.3) is 0 Å². The van der Waals surface area contributed by atoms with Crippen LogP contribution in [0.1, 0.15) is 37.1 Å². The molecule has 2 amide bonds. The van der Waals surface area contributed by atoms with E-state index in [1.807, 2.05) is 17.5 Å². The van der Waals surface area contributed by atoms with Gasteiger partial charge in [-0.25, -0.2) is 8.42 Å². The molecular formula is C22H29N3O4S2. The second-order valence-corrected chi connectivity index (χ2v) is 10.5. The Balaban J connectivity index is 1.76. The molecule has 1 aliphatic heterocycles. The fourth-order valence-electron chi connectivity index (χ4n) is 3.89. The number of carbonyl (C=O) groups is 2. The lowest BCUT2D eigenvalue weighted by atomic mass is 10.1. The van der Waals surface area contributed by atoms with Crippen molar-refractivity contribution in [3.63, 3.8) is 0 Å². The highest BCUT2D eigenvalue weighted by Gasteiger charge is 2.34. The molecule has 1 fully saturated rings. The molecule has 0 spiro atoms. The van der Waals surface area contributed by atoms with Gasteiger partial charge in [-0.05, 0) is 48.9 Å². The monoisotopic (exact) mass is 463 g/mol. The molecule has 3 rings (SSSR count). The molecule has 9 heteroatoms. The number of aryl methyl sites for hydroxylation is 1. The molecule has 1 aliphatic rings. The average molecular weight is 464 g/mol. The first-order valence-corrected chi connectivity index (χ1v) is 12.8. The van der Waals surface area contributed by atoms with Crippen LogP contribution in [0.15, 0.2) is 40.6 Å². The second-order valence-electron chi connectivity index (χ2n) is 7.56. The van der Waals surface area contributed by atoms with Crippen molar-refractivity contribution in [3.8, 4) is 0 Å². The Hall–Kier alpha value is -2.23. The van der Waals surface area contributed by atoms with Crippen molar-refractivity contribution in [3.05, 3.63) is 46.2 Å². The molecular weight excluding hydrogens is 434 g/mol. The standard InChI is InChI=1S/C22H29N3O4S2/c1-4-24(5-2)31(28,29)20-14-17(11-10-16(20)3)23-22(27)19-9-6-12-25(19)21(26)15-18-8-7-13-30-18/h7-8,10-11,13-14,19H,4-6,9,12,15H2,1-3H3,(H,23,27). The molecule has 168 valence electrons. The lowest BCUT2D eigenvalue weighted by Gasteiger charge is -2.24. The van der Waals surface area contributed by atoms with Crippen molar-refractivity contribution >= 4 is 38.9 Å². The molecule has 31 heavy (non-hydrogen) atoms. The second kappa shape index (κ2) is 9.93. The maximum absolute atomic E-state index is 13.0. The van der Waals surface area contributed by atoms with E-state index in [9.17, 15) is 18.0 Å². The number of benzene rings is 1. The lowest BCUT2D eigenvalue weighted by Crippen LogP contribution is -2.43. The average Bonchev–Trinajstić information content (AvgIpc) is 3.42. The van der Waals surface area contributed by atoms with E-state index in [4.69, 9.17) is 0 Å². The van der Waals surface area contributed by atoms with Crippen LogP contribution in [0.2, 0.25) is 0 Å². The zero-order valence-corrected chi connectivity index (χ0v) is 19.8. The van der Waals surface area contributed by atoms with Gasteiger partial charge in [0.1, 0.15) is 6.04 Å². The summed E-state index contributed by atoms with van der Waals surface area (Å²) in [7, 11) is -3.64. The highest BCUT2D eigenvalue weighted by molar-refractivity contribution is 7.89. The minimum absolute atomic E-state index is 0.0613. The van der Waals surface area contributed by atoms with Gasteiger partial charge in [0.15, 0.2) is 0 Å². The zero-order chi connectivity index (χ0) is 22.6. The lowest BCUT2D eigenvalue weighted by molar-refractivity contribution is -0.136. The third-order valence-corrected chi connectivity index (χ3v) is 8.63. The van der Waals surface area contributed by atoms with Gasteiger partial charge in [0.05, 0.1) is 11.3 Å². The predicted molar refractivity (Wildman–Crippen MR) is 123 cm³/mol. The number of nitrogens with zero attached hydrogens (tertiary/aromatic N) is 2. The Morgan fingerprint density at radius 3 is 2.61 bits per heavy atom. The summed E-state index contributed by atoms with van der Waals surface area (Å²) < 4.78 is 27.3. The number of hydrogen-bond acceptors (Lipinski definition) is 5. The van der Waals surface area contributed by atoms with Crippen LogP contribution in [0.4, 0.5) is 5.69 Å². The van der Waals surface area contributed by atoms with Crippen LogP contribution in [0, 0.1) is 6.92 Å². The molecule has 2 aromatic rings. The van der Waals surface area contributed by atoms with Gasteiger partial charge in [-0.15, -0.1) is 11.3 Å². The van der Waals surface area contributed by atoms with Crippen molar-refractivity contribution in [1.29, 1.82) is 0 Å². The van der Waals surface area contributed by atoms with Crippen LogP contribution in [0.3, 0.4) is 0 Å². The normalized spacial score (nSPS) is 16.6. The first-order valence-electron chi connectivity index (χ1n) is 10.5. The summed E-state index contributed by atoms with van der Waals surface area (Å²) in [5, 5.41) is 4.76. The summed E-state index contributed by atoms with van der Waals surface area (Å²) in [6, 6.07) is 8.17. The minimum Gasteiger partial charge on any atom is -0.330 e. The number of sulfonamides is 1. The third kappa shape index (κ3) is 5.16. The summed E-state index contributed by atoms with van der Waals surface area (Å²) in [4.78, 5) is 28.5. The SMILES string of the molecule is CCN(CC)S(=O)(=O)c1cc(NC(=O)C2CCCN2C(=O)Cc2cccs2)ccc1C. The van der Waals surface area contributed by atoms with Crippen LogP contribution < -0.4 is 5.32 Å². The predicted octanol–water partition coefficient (Wildman–Crippen LogP) is 3.26. The van der Waals surface area contributed by atoms with Gasteiger partial charge in [-0.2, -0.15) is 4.31 Å². The van der Waals surface area contributed by atoms with Crippen LogP contribution in [-0.4, -0.2) is 55.1 Å². The molecule has 0 saturated carbocycles. The third-order valence-electron chi connectivity index (χ3n) is 5.56. The number of carbonyl (C=O) groups excluding carboxylic acids is 2.